The summed E-state index contributed by atoms with van der Waals surface area (Å²) in [6.45, 7) is 7.45. The van der Waals surface area contributed by atoms with Crippen molar-refractivity contribution in [2.75, 3.05) is 0 Å². The molecule has 4 heteroatoms. The molecule has 0 spiro atoms. The van der Waals surface area contributed by atoms with Crippen molar-refractivity contribution in [3.8, 4) is 0 Å². The molecule has 0 radical (unpaired) electrons. The lowest BCUT2D eigenvalue weighted by atomic mass is 10.0. The van der Waals surface area contributed by atoms with Crippen molar-refractivity contribution in [1.82, 2.24) is 4.57 Å². The van der Waals surface area contributed by atoms with Crippen molar-refractivity contribution < 1.29 is 14.7 Å². The predicted molar refractivity (Wildman–Crippen MR) is 74.0 cm³/mol. The Balaban J connectivity index is 2.90. The van der Waals surface area contributed by atoms with E-state index in [1.807, 2.05) is 31.5 Å². The summed E-state index contributed by atoms with van der Waals surface area (Å²) in [5.41, 5.74) is 2.60. The molecule has 1 aromatic carbocycles. The van der Waals surface area contributed by atoms with Crippen molar-refractivity contribution in [2.24, 2.45) is 0 Å². The summed E-state index contributed by atoms with van der Waals surface area (Å²) in [4.78, 5) is 22.9. The van der Waals surface area contributed by atoms with Crippen LogP contribution in [0.3, 0.4) is 0 Å². The fraction of sp³-hybridized carbons (Fsp3) is 0.333. The Kier molecular flexibility index (Phi) is 3.18. The maximum Gasteiger partial charge on any atom is 0.335 e. The van der Waals surface area contributed by atoms with Crippen LogP contribution in [0.4, 0.5) is 0 Å². The number of rotatable bonds is 3. The zero-order chi connectivity index (χ0) is 14.3. The normalized spacial score (nSPS) is 11.2. The largest absolute Gasteiger partial charge is 0.478 e. The van der Waals surface area contributed by atoms with Gasteiger partial charge in [-0.25, -0.2) is 4.79 Å². The van der Waals surface area contributed by atoms with E-state index in [2.05, 4.69) is 0 Å². The van der Waals surface area contributed by atoms with Gasteiger partial charge in [0.1, 0.15) is 0 Å². The minimum Gasteiger partial charge on any atom is -0.478 e. The van der Waals surface area contributed by atoms with Crippen LogP contribution in [-0.2, 0) is 0 Å². The SMILES string of the molecule is CC(=O)c1cn(C(C)C)c2c(C)cc(C(=O)O)cc12. The third-order valence-electron chi connectivity index (χ3n) is 3.30. The first kappa shape index (κ1) is 13.3. The molecule has 0 unspecified atom stereocenters. The number of hydrogen-bond donors (Lipinski definition) is 1. The highest BCUT2D eigenvalue weighted by atomic mass is 16.4. The highest BCUT2D eigenvalue weighted by molar-refractivity contribution is 6.09. The molecule has 0 saturated heterocycles. The number of nitrogens with zero attached hydrogens (tertiary/aromatic N) is 1. The summed E-state index contributed by atoms with van der Waals surface area (Å²) >= 11 is 0. The second-order valence-corrected chi connectivity index (χ2v) is 5.09. The Bertz CT molecular complexity index is 680. The number of aryl methyl sites for hydroxylation is 1. The zero-order valence-corrected chi connectivity index (χ0v) is 11.5. The summed E-state index contributed by atoms with van der Waals surface area (Å²) in [6.07, 6.45) is 1.82. The Morgan fingerprint density at radius 3 is 2.37 bits per heavy atom. The summed E-state index contributed by atoms with van der Waals surface area (Å²) in [5, 5.41) is 9.84. The average Bonchev–Trinajstić information content (AvgIpc) is 2.68. The summed E-state index contributed by atoms with van der Waals surface area (Å²) in [6, 6.07) is 3.44. The number of aromatic nitrogens is 1. The van der Waals surface area contributed by atoms with E-state index in [0.717, 1.165) is 16.5 Å². The predicted octanol–water partition coefficient (Wildman–Crippen LogP) is 3.43. The number of aromatic carboxylic acids is 1. The molecule has 0 aliphatic heterocycles. The van der Waals surface area contributed by atoms with Crippen LogP contribution >= 0.6 is 0 Å². The molecule has 2 aromatic rings. The monoisotopic (exact) mass is 259 g/mol. The lowest BCUT2D eigenvalue weighted by Crippen LogP contribution is -2.01. The first-order valence-corrected chi connectivity index (χ1v) is 6.22. The van der Waals surface area contributed by atoms with E-state index >= 15 is 0 Å². The minimum absolute atomic E-state index is 0.0497. The van der Waals surface area contributed by atoms with Crippen molar-refractivity contribution in [1.29, 1.82) is 0 Å². The van der Waals surface area contributed by atoms with Gasteiger partial charge in [-0.15, -0.1) is 0 Å². The third kappa shape index (κ3) is 2.14. The molecule has 0 bridgehead atoms. The molecule has 0 amide bonds. The fourth-order valence-corrected chi connectivity index (χ4v) is 2.41. The standard InChI is InChI=1S/C15H17NO3/c1-8(2)16-7-13(10(4)17)12-6-11(15(18)19)5-9(3)14(12)16/h5-8H,1-4H3,(H,18,19). The maximum atomic E-state index is 11.7. The van der Waals surface area contributed by atoms with E-state index in [1.165, 1.54) is 6.92 Å². The number of fused-ring (bicyclic) bond motifs is 1. The Hall–Kier alpha value is -2.10. The second kappa shape index (κ2) is 4.53. The van der Waals surface area contributed by atoms with Crippen LogP contribution in [0.25, 0.3) is 10.9 Å². The van der Waals surface area contributed by atoms with Gasteiger partial charge in [0.05, 0.1) is 11.1 Å². The van der Waals surface area contributed by atoms with Gasteiger partial charge in [0, 0.05) is 23.2 Å². The van der Waals surface area contributed by atoms with Gasteiger partial charge in [-0.1, -0.05) is 0 Å². The minimum atomic E-state index is -0.975. The molecule has 0 fully saturated rings. The van der Waals surface area contributed by atoms with E-state index in [-0.39, 0.29) is 17.4 Å². The molecule has 4 nitrogen and oxygen atoms in total. The number of carboxylic acid groups (broad SMARTS) is 1. The van der Waals surface area contributed by atoms with Gasteiger partial charge in [-0.05, 0) is 45.4 Å². The number of Topliss-reactive ketones (excluding diaryl/α,β-unsaturated/α-hetero) is 1. The number of hydrogen-bond acceptors (Lipinski definition) is 2. The van der Waals surface area contributed by atoms with Crippen LogP contribution in [0.1, 0.15) is 53.1 Å². The summed E-state index contributed by atoms with van der Waals surface area (Å²) in [7, 11) is 0. The van der Waals surface area contributed by atoms with E-state index in [0.29, 0.717) is 5.56 Å². The second-order valence-electron chi connectivity index (χ2n) is 5.09. The van der Waals surface area contributed by atoms with E-state index in [1.54, 1.807) is 12.1 Å². The number of benzene rings is 1. The van der Waals surface area contributed by atoms with E-state index < -0.39 is 5.97 Å². The van der Waals surface area contributed by atoms with Crippen molar-refractivity contribution in [2.45, 2.75) is 33.7 Å². The van der Waals surface area contributed by atoms with Gasteiger partial charge >= 0.3 is 5.97 Å². The van der Waals surface area contributed by atoms with Crippen LogP contribution in [0, 0.1) is 6.92 Å². The Morgan fingerprint density at radius 2 is 1.89 bits per heavy atom. The van der Waals surface area contributed by atoms with Crippen molar-refractivity contribution in [3.63, 3.8) is 0 Å². The highest BCUT2D eigenvalue weighted by Gasteiger charge is 2.17. The molecule has 0 aliphatic carbocycles. The van der Waals surface area contributed by atoms with Crippen molar-refractivity contribution >= 4 is 22.7 Å². The van der Waals surface area contributed by atoms with Crippen LogP contribution in [-0.4, -0.2) is 21.4 Å². The lowest BCUT2D eigenvalue weighted by Gasteiger charge is -2.11. The topological polar surface area (TPSA) is 59.3 Å². The Morgan fingerprint density at radius 1 is 1.26 bits per heavy atom. The summed E-state index contributed by atoms with van der Waals surface area (Å²) < 4.78 is 2.02. The molecule has 19 heavy (non-hydrogen) atoms. The number of ketones is 1. The Labute approximate surface area is 111 Å². The van der Waals surface area contributed by atoms with Gasteiger partial charge in [-0.2, -0.15) is 0 Å². The molecule has 1 aromatic heterocycles. The van der Waals surface area contributed by atoms with Gasteiger partial charge in [-0.3, -0.25) is 4.79 Å². The number of carbonyl (C=O) groups is 2. The molecule has 100 valence electrons. The third-order valence-corrected chi connectivity index (χ3v) is 3.30. The molecule has 0 saturated carbocycles. The first-order chi connectivity index (χ1) is 8.82. The van der Waals surface area contributed by atoms with Crippen LogP contribution in [0.5, 0.6) is 0 Å². The average molecular weight is 259 g/mol. The van der Waals surface area contributed by atoms with Crippen LogP contribution in [0.15, 0.2) is 18.3 Å². The quantitative estimate of drug-likeness (QED) is 0.859. The molecule has 2 rings (SSSR count). The fourth-order valence-electron chi connectivity index (χ4n) is 2.41. The smallest absolute Gasteiger partial charge is 0.335 e. The number of carbonyl (C=O) groups excluding carboxylic acids is 1. The first-order valence-electron chi connectivity index (χ1n) is 6.22. The zero-order valence-electron chi connectivity index (χ0n) is 11.5. The highest BCUT2D eigenvalue weighted by Crippen LogP contribution is 2.29. The molecular formula is C15H17NO3. The maximum absolute atomic E-state index is 11.7. The summed E-state index contributed by atoms with van der Waals surface area (Å²) in [5.74, 6) is -1.02. The molecule has 1 heterocycles. The van der Waals surface area contributed by atoms with Gasteiger partial charge in [0.25, 0.3) is 0 Å². The molecule has 0 atom stereocenters. The van der Waals surface area contributed by atoms with Gasteiger partial charge < -0.3 is 9.67 Å². The van der Waals surface area contributed by atoms with E-state index in [9.17, 15) is 9.59 Å². The number of carboxylic acids is 1. The molecule has 1 N–H and O–H groups in total. The van der Waals surface area contributed by atoms with E-state index in [4.69, 9.17) is 5.11 Å². The van der Waals surface area contributed by atoms with Crippen molar-refractivity contribution in [3.05, 3.63) is 35.0 Å². The molecule has 0 aliphatic rings. The van der Waals surface area contributed by atoms with Gasteiger partial charge in [0.2, 0.25) is 0 Å². The molecular weight excluding hydrogens is 242 g/mol. The van der Waals surface area contributed by atoms with Crippen LogP contribution in [0.2, 0.25) is 0 Å². The van der Waals surface area contributed by atoms with Gasteiger partial charge in [0.15, 0.2) is 5.78 Å². The van der Waals surface area contributed by atoms with Crippen LogP contribution < -0.4 is 0 Å². The lowest BCUT2D eigenvalue weighted by molar-refractivity contribution is 0.0696.